The van der Waals surface area contributed by atoms with Crippen LogP contribution < -0.4 is 4.90 Å². The molecule has 2 rings (SSSR count). The van der Waals surface area contributed by atoms with Gasteiger partial charge in [0.25, 0.3) is 0 Å². The van der Waals surface area contributed by atoms with Crippen molar-refractivity contribution in [2.75, 3.05) is 11.9 Å². The van der Waals surface area contributed by atoms with Crippen LogP contribution in [-0.4, -0.2) is 17.1 Å². The second-order valence-corrected chi connectivity index (χ2v) is 4.28. The molecule has 0 radical (unpaired) electrons. The third kappa shape index (κ3) is 3.06. The minimum absolute atomic E-state index is 0.110. The van der Waals surface area contributed by atoms with Crippen LogP contribution in [0.1, 0.15) is 11.1 Å². The van der Waals surface area contributed by atoms with Gasteiger partial charge in [0.2, 0.25) is 0 Å². The first-order valence-electron chi connectivity index (χ1n) is 5.80. The molecule has 0 bridgehead atoms. The van der Waals surface area contributed by atoms with Crippen molar-refractivity contribution in [2.45, 2.75) is 13.2 Å². The van der Waals surface area contributed by atoms with Crippen LogP contribution in [0.2, 0.25) is 0 Å². The number of pyridine rings is 1. The van der Waals surface area contributed by atoms with Gasteiger partial charge in [-0.2, -0.15) is 0 Å². The normalized spacial score (nSPS) is 10.5. The molecule has 1 N–H and O–H groups in total. The van der Waals surface area contributed by atoms with Crippen molar-refractivity contribution in [1.29, 1.82) is 0 Å². The third-order valence-electron chi connectivity index (χ3n) is 2.78. The van der Waals surface area contributed by atoms with Crippen LogP contribution in [0.4, 0.5) is 14.5 Å². The summed E-state index contributed by atoms with van der Waals surface area (Å²) in [5.41, 5.74) is 0.963. The van der Waals surface area contributed by atoms with Gasteiger partial charge in [-0.3, -0.25) is 4.98 Å². The van der Waals surface area contributed by atoms with E-state index >= 15 is 0 Å². The quantitative estimate of drug-likeness (QED) is 0.921. The highest BCUT2D eigenvalue weighted by Crippen LogP contribution is 2.25. The van der Waals surface area contributed by atoms with Gasteiger partial charge in [0.05, 0.1) is 6.61 Å². The molecule has 0 amide bonds. The van der Waals surface area contributed by atoms with E-state index in [1.54, 1.807) is 25.5 Å². The Balaban J connectivity index is 2.26. The lowest BCUT2D eigenvalue weighted by Gasteiger charge is -2.21. The smallest absolute Gasteiger partial charge is 0.149 e. The Kier molecular flexibility index (Phi) is 4.06. The van der Waals surface area contributed by atoms with Crippen molar-refractivity contribution in [3.63, 3.8) is 0 Å². The molecular formula is C14H14F2N2O. The van der Waals surface area contributed by atoms with Crippen LogP contribution in [0.15, 0.2) is 36.7 Å². The summed E-state index contributed by atoms with van der Waals surface area (Å²) in [4.78, 5) is 5.43. The molecule has 1 heterocycles. The van der Waals surface area contributed by atoms with E-state index in [0.29, 0.717) is 6.54 Å². The van der Waals surface area contributed by atoms with Gasteiger partial charge in [-0.05, 0) is 29.3 Å². The Hall–Kier alpha value is -2.01. The number of aliphatic hydroxyl groups excluding tert-OH is 1. The predicted octanol–water partition coefficient (Wildman–Crippen LogP) is 2.49. The Labute approximate surface area is 110 Å². The summed E-state index contributed by atoms with van der Waals surface area (Å²) >= 11 is 0. The number of hydrogen-bond acceptors (Lipinski definition) is 3. The molecule has 2 aromatic rings. The molecule has 1 aromatic carbocycles. The molecule has 0 aliphatic carbocycles. The highest BCUT2D eigenvalue weighted by atomic mass is 19.1. The predicted molar refractivity (Wildman–Crippen MR) is 68.6 cm³/mol. The zero-order valence-corrected chi connectivity index (χ0v) is 10.5. The van der Waals surface area contributed by atoms with E-state index in [-0.39, 0.29) is 17.9 Å². The number of hydrogen-bond donors (Lipinski definition) is 1. The fourth-order valence-electron chi connectivity index (χ4n) is 1.92. The molecule has 0 fully saturated rings. The number of aliphatic hydroxyl groups is 1. The minimum atomic E-state index is -0.685. The van der Waals surface area contributed by atoms with Crippen LogP contribution in [0.5, 0.6) is 0 Å². The summed E-state index contributed by atoms with van der Waals surface area (Å²) < 4.78 is 27.7. The molecule has 0 aliphatic heterocycles. The Bertz CT molecular complexity index is 538. The Morgan fingerprint density at radius 1 is 1.21 bits per heavy atom. The molecule has 3 nitrogen and oxygen atoms in total. The fraction of sp³-hybridized carbons (Fsp3) is 0.214. The van der Waals surface area contributed by atoms with Gasteiger partial charge >= 0.3 is 0 Å². The number of nitrogens with zero attached hydrogens (tertiary/aromatic N) is 2. The lowest BCUT2D eigenvalue weighted by atomic mass is 10.1. The van der Waals surface area contributed by atoms with E-state index in [1.165, 1.54) is 4.90 Å². The lowest BCUT2D eigenvalue weighted by molar-refractivity contribution is 0.280. The van der Waals surface area contributed by atoms with Gasteiger partial charge in [-0.15, -0.1) is 0 Å². The topological polar surface area (TPSA) is 36.4 Å². The molecule has 0 aliphatic rings. The summed E-state index contributed by atoms with van der Waals surface area (Å²) in [6, 6.07) is 5.88. The zero-order valence-electron chi connectivity index (χ0n) is 10.5. The first kappa shape index (κ1) is 13.4. The maximum absolute atomic E-state index is 13.8. The summed E-state index contributed by atoms with van der Waals surface area (Å²) in [5.74, 6) is -1.37. The van der Waals surface area contributed by atoms with Gasteiger partial charge in [-0.25, -0.2) is 8.78 Å². The molecule has 100 valence electrons. The molecule has 0 spiro atoms. The van der Waals surface area contributed by atoms with Crippen molar-refractivity contribution in [3.8, 4) is 0 Å². The van der Waals surface area contributed by atoms with Gasteiger partial charge < -0.3 is 10.0 Å². The van der Waals surface area contributed by atoms with E-state index < -0.39 is 11.6 Å². The van der Waals surface area contributed by atoms with Crippen molar-refractivity contribution in [3.05, 3.63) is 59.4 Å². The van der Waals surface area contributed by atoms with E-state index in [9.17, 15) is 8.78 Å². The number of benzene rings is 1. The Morgan fingerprint density at radius 3 is 2.42 bits per heavy atom. The maximum atomic E-state index is 13.8. The minimum Gasteiger partial charge on any atom is -0.392 e. The van der Waals surface area contributed by atoms with E-state index in [2.05, 4.69) is 4.98 Å². The molecule has 0 saturated carbocycles. The number of rotatable bonds is 4. The van der Waals surface area contributed by atoms with Crippen LogP contribution in [0.25, 0.3) is 0 Å². The number of anilines is 1. The van der Waals surface area contributed by atoms with Crippen LogP contribution >= 0.6 is 0 Å². The first-order valence-corrected chi connectivity index (χ1v) is 5.80. The average molecular weight is 264 g/mol. The molecule has 0 unspecified atom stereocenters. The molecule has 1 aromatic heterocycles. The lowest BCUT2D eigenvalue weighted by Crippen LogP contribution is -2.19. The van der Waals surface area contributed by atoms with Crippen molar-refractivity contribution in [2.24, 2.45) is 0 Å². The highest BCUT2D eigenvalue weighted by molar-refractivity contribution is 5.50. The zero-order chi connectivity index (χ0) is 13.8. The largest absolute Gasteiger partial charge is 0.392 e. The summed E-state index contributed by atoms with van der Waals surface area (Å²) in [5, 5.41) is 8.90. The SMILES string of the molecule is CN(Cc1cccnc1)c1c(F)cc(CO)cc1F. The standard InChI is InChI=1S/C14H14F2N2O/c1-18(8-10-3-2-4-17-7-10)14-12(15)5-11(9-19)6-13(14)16/h2-7,19H,8-9H2,1H3. The first-order chi connectivity index (χ1) is 9.11. The number of aromatic nitrogens is 1. The molecule has 5 heteroatoms. The van der Waals surface area contributed by atoms with Crippen LogP contribution in [-0.2, 0) is 13.2 Å². The van der Waals surface area contributed by atoms with Crippen molar-refractivity contribution >= 4 is 5.69 Å². The van der Waals surface area contributed by atoms with Crippen molar-refractivity contribution in [1.82, 2.24) is 4.98 Å². The second-order valence-electron chi connectivity index (χ2n) is 4.28. The summed E-state index contributed by atoms with van der Waals surface area (Å²) in [7, 11) is 1.60. The van der Waals surface area contributed by atoms with E-state index in [1.807, 2.05) is 6.07 Å². The molecular weight excluding hydrogens is 250 g/mol. The van der Waals surface area contributed by atoms with E-state index in [4.69, 9.17) is 5.11 Å². The number of halogens is 2. The van der Waals surface area contributed by atoms with Crippen LogP contribution in [0, 0.1) is 11.6 Å². The van der Waals surface area contributed by atoms with Gasteiger partial charge in [0.15, 0.2) is 0 Å². The summed E-state index contributed by atoms with van der Waals surface area (Å²) in [6.07, 6.45) is 3.29. The van der Waals surface area contributed by atoms with Crippen molar-refractivity contribution < 1.29 is 13.9 Å². The third-order valence-corrected chi connectivity index (χ3v) is 2.78. The molecule has 0 atom stereocenters. The second kappa shape index (κ2) is 5.75. The van der Waals surface area contributed by atoms with Gasteiger partial charge in [0, 0.05) is 26.0 Å². The highest BCUT2D eigenvalue weighted by Gasteiger charge is 2.15. The monoisotopic (exact) mass is 264 g/mol. The summed E-state index contributed by atoms with van der Waals surface area (Å²) in [6.45, 7) is -0.0411. The molecule has 19 heavy (non-hydrogen) atoms. The Morgan fingerprint density at radius 2 is 1.89 bits per heavy atom. The van der Waals surface area contributed by atoms with Gasteiger partial charge in [-0.1, -0.05) is 6.07 Å². The van der Waals surface area contributed by atoms with Crippen LogP contribution in [0.3, 0.4) is 0 Å². The fourth-order valence-corrected chi connectivity index (χ4v) is 1.92. The van der Waals surface area contributed by atoms with Gasteiger partial charge in [0.1, 0.15) is 17.3 Å². The average Bonchev–Trinajstić information content (AvgIpc) is 2.38. The molecule has 0 saturated heterocycles. The van der Waals surface area contributed by atoms with E-state index in [0.717, 1.165) is 17.7 Å². The maximum Gasteiger partial charge on any atom is 0.149 e.